The molecule has 0 heterocycles. The maximum atomic E-state index is 5.39. The molecular formula is C13H28O2. The molecule has 0 spiro atoms. The van der Waals surface area contributed by atoms with Crippen molar-refractivity contribution in [3.8, 4) is 0 Å². The predicted molar refractivity (Wildman–Crippen MR) is 65.0 cm³/mol. The Bertz CT molecular complexity index is 115. The van der Waals surface area contributed by atoms with Crippen molar-refractivity contribution in [2.75, 3.05) is 20.0 Å². The summed E-state index contributed by atoms with van der Waals surface area (Å²) in [5.74, 6) is 0.847. The first kappa shape index (κ1) is 14.9. The molecule has 0 aromatic heterocycles. The molecule has 92 valence electrons. The highest BCUT2D eigenvalue weighted by Gasteiger charge is 1.99. The Morgan fingerprint density at radius 2 is 1.53 bits per heavy atom. The van der Waals surface area contributed by atoms with E-state index in [1.54, 1.807) is 0 Å². The lowest BCUT2D eigenvalue weighted by atomic mass is 10.0. The largest absolute Gasteiger partial charge is 0.355 e. The molecular weight excluding hydrogens is 188 g/mol. The van der Waals surface area contributed by atoms with Crippen molar-refractivity contribution < 1.29 is 9.47 Å². The summed E-state index contributed by atoms with van der Waals surface area (Å²) in [6.45, 7) is 8.89. The number of hydrogen-bond donors (Lipinski definition) is 0. The van der Waals surface area contributed by atoms with Gasteiger partial charge in [0.1, 0.15) is 6.79 Å². The summed E-state index contributed by atoms with van der Waals surface area (Å²) in [7, 11) is 0. The van der Waals surface area contributed by atoms with Gasteiger partial charge in [-0.05, 0) is 25.2 Å². The van der Waals surface area contributed by atoms with E-state index in [2.05, 4.69) is 20.8 Å². The average molecular weight is 216 g/mol. The van der Waals surface area contributed by atoms with Gasteiger partial charge in [-0.3, -0.25) is 0 Å². The van der Waals surface area contributed by atoms with Crippen molar-refractivity contribution in [3.63, 3.8) is 0 Å². The normalized spacial score (nSPS) is 13.0. The standard InChI is InChI=1S/C13H28O2/c1-4-6-10-14-12-15-11-7-9-13(3)8-5-2/h13H,4-12H2,1-3H3. The monoisotopic (exact) mass is 216 g/mol. The quantitative estimate of drug-likeness (QED) is 0.384. The number of ether oxygens (including phenoxy) is 2. The maximum Gasteiger partial charge on any atom is 0.146 e. The Balaban J connectivity index is 2.98. The molecule has 0 N–H and O–H groups in total. The van der Waals surface area contributed by atoms with Crippen molar-refractivity contribution in [3.05, 3.63) is 0 Å². The molecule has 0 saturated carbocycles. The summed E-state index contributed by atoms with van der Waals surface area (Å²) in [4.78, 5) is 0. The minimum atomic E-state index is 0.474. The van der Waals surface area contributed by atoms with E-state index < -0.39 is 0 Å². The molecule has 15 heavy (non-hydrogen) atoms. The van der Waals surface area contributed by atoms with Gasteiger partial charge in [-0.1, -0.05) is 40.0 Å². The molecule has 0 rings (SSSR count). The van der Waals surface area contributed by atoms with E-state index in [1.165, 1.54) is 25.7 Å². The minimum Gasteiger partial charge on any atom is -0.355 e. The summed E-state index contributed by atoms with van der Waals surface area (Å²) in [5, 5.41) is 0. The molecule has 0 radical (unpaired) electrons. The van der Waals surface area contributed by atoms with E-state index in [0.29, 0.717) is 6.79 Å². The Labute approximate surface area is 95.3 Å². The number of unbranched alkanes of at least 4 members (excludes halogenated alkanes) is 1. The molecule has 0 fully saturated rings. The lowest BCUT2D eigenvalue weighted by Crippen LogP contribution is -2.04. The van der Waals surface area contributed by atoms with Crippen molar-refractivity contribution in [2.45, 2.75) is 59.3 Å². The van der Waals surface area contributed by atoms with Crippen LogP contribution in [0, 0.1) is 5.92 Å². The third kappa shape index (κ3) is 11.8. The third-order valence-corrected chi connectivity index (χ3v) is 2.58. The predicted octanol–water partition coefficient (Wildman–Crippen LogP) is 3.99. The van der Waals surface area contributed by atoms with Crippen LogP contribution in [0.2, 0.25) is 0 Å². The van der Waals surface area contributed by atoms with Crippen LogP contribution < -0.4 is 0 Å². The van der Waals surface area contributed by atoms with Crippen molar-refractivity contribution in [2.24, 2.45) is 5.92 Å². The van der Waals surface area contributed by atoms with Crippen LogP contribution in [0.4, 0.5) is 0 Å². The second-order valence-electron chi connectivity index (χ2n) is 4.32. The molecule has 0 aliphatic carbocycles. The molecule has 0 bridgehead atoms. The van der Waals surface area contributed by atoms with Crippen LogP contribution in [0.3, 0.4) is 0 Å². The lowest BCUT2D eigenvalue weighted by Gasteiger charge is -2.09. The summed E-state index contributed by atoms with van der Waals surface area (Å²) in [6.07, 6.45) is 7.40. The number of hydrogen-bond acceptors (Lipinski definition) is 2. The van der Waals surface area contributed by atoms with E-state index in [1.807, 2.05) is 0 Å². The van der Waals surface area contributed by atoms with E-state index in [9.17, 15) is 0 Å². The molecule has 1 unspecified atom stereocenters. The van der Waals surface area contributed by atoms with Gasteiger partial charge in [0.2, 0.25) is 0 Å². The molecule has 0 aliphatic rings. The average Bonchev–Trinajstić information content (AvgIpc) is 2.22. The molecule has 1 atom stereocenters. The van der Waals surface area contributed by atoms with Crippen molar-refractivity contribution >= 4 is 0 Å². The zero-order valence-electron chi connectivity index (χ0n) is 10.8. The second-order valence-corrected chi connectivity index (χ2v) is 4.32. The molecule has 0 saturated heterocycles. The fraction of sp³-hybridized carbons (Fsp3) is 1.00. The van der Waals surface area contributed by atoms with Gasteiger partial charge in [-0.15, -0.1) is 0 Å². The fourth-order valence-electron chi connectivity index (χ4n) is 1.59. The zero-order valence-corrected chi connectivity index (χ0v) is 10.8. The first-order chi connectivity index (χ1) is 7.31. The lowest BCUT2D eigenvalue weighted by molar-refractivity contribution is -0.0558. The topological polar surface area (TPSA) is 18.5 Å². The second kappa shape index (κ2) is 12.0. The summed E-state index contributed by atoms with van der Waals surface area (Å²) in [5.41, 5.74) is 0. The van der Waals surface area contributed by atoms with Gasteiger partial charge in [-0.2, -0.15) is 0 Å². The molecule has 0 aliphatic heterocycles. The van der Waals surface area contributed by atoms with Gasteiger partial charge in [0.25, 0.3) is 0 Å². The van der Waals surface area contributed by atoms with E-state index >= 15 is 0 Å². The molecule has 0 aromatic rings. The SMILES string of the molecule is CCCCOCOCCCC(C)CCC. The van der Waals surface area contributed by atoms with Crippen molar-refractivity contribution in [1.82, 2.24) is 0 Å². The van der Waals surface area contributed by atoms with Crippen LogP contribution in [0.25, 0.3) is 0 Å². The third-order valence-electron chi connectivity index (χ3n) is 2.58. The summed E-state index contributed by atoms with van der Waals surface area (Å²) < 4.78 is 10.7. The molecule has 0 amide bonds. The van der Waals surface area contributed by atoms with Crippen molar-refractivity contribution in [1.29, 1.82) is 0 Å². The van der Waals surface area contributed by atoms with E-state index in [-0.39, 0.29) is 0 Å². The van der Waals surface area contributed by atoms with Crippen LogP contribution in [0.15, 0.2) is 0 Å². The Morgan fingerprint density at radius 1 is 0.867 bits per heavy atom. The van der Waals surface area contributed by atoms with Crippen LogP contribution >= 0.6 is 0 Å². The highest BCUT2D eigenvalue weighted by Crippen LogP contribution is 2.11. The van der Waals surface area contributed by atoms with Gasteiger partial charge < -0.3 is 9.47 Å². The highest BCUT2D eigenvalue weighted by molar-refractivity contribution is 4.51. The minimum absolute atomic E-state index is 0.474. The van der Waals surface area contributed by atoms with Gasteiger partial charge in [-0.25, -0.2) is 0 Å². The molecule has 0 aromatic carbocycles. The summed E-state index contributed by atoms with van der Waals surface area (Å²) in [6, 6.07) is 0. The van der Waals surface area contributed by atoms with Crippen LogP contribution in [-0.2, 0) is 9.47 Å². The van der Waals surface area contributed by atoms with Gasteiger partial charge >= 0.3 is 0 Å². The maximum absolute atomic E-state index is 5.39. The zero-order chi connectivity index (χ0) is 11.4. The number of rotatable bonds is 11. The highest BCUT2D eigenvalue weighted by atomic mass is 16.7. The summed E-state index contributed by atoms with van der Waals surface area (Å²) >= 11 is 0. The fourth-order valence-corrected chi connectivity index (χ4v) is 1.59. The first-order valence-electron chi connectivity index (χ1n) is 6.46. The van der Waals surface area contributed by atoms with Crippen LogP contribution in [0.5, 0.6) is 0 Å². The van der Waals surface area contributed by atoms with Gasteiger partial charge in [0, 0.05) is 13.2 Å². The Hall–Kier alpha value is -0.0800. The van der Waals surface area contributed by atoms with Crippen LogP contribution in [-0.4, -0.2) is 20.0 Å². The van der Waals surface area contributed by atoms with Gasteiger partial charge in [0.15, 0.2) is 0 Å². The molecule has 2 heteroatoms. The smallest absolute Gasteiger partial charge is 0.146 e. The van der Waals surface area contributed by atoms with E-state index in [4.69, 9.17) is 9.47 Å². The molecule has 2 nitrogen and oxygen atoms in total. The van der Waals surface area contributed by atoms with E-state index in [0.717, 1.165) is 32.0 Å². The first-order valence-corrected chi connectivity index (χ1v) is 6.46. The Morgan fingerprint density at radius 3 is 2.13 bits per heavy atom. The Kier molecular flexibility index (Phi) is 11.9. The van der Waals surface area contributed by atoms with Crippen LogP contribution in [0.1, 0.15) is 59.3 Å². The van der Waals surface area contributed by atoms with Gasteiger partial charge in [0.05, 0.1) is 0 Å².